The summed E-state index contributed by atoms with van der Waals surface area (Å²) in [5.41, 5.74) is -0.489. The summed E-state index contributed by atoms with van der Waals surface area (Å²) in [6.07, 6.45) is 9.79. The molecule has 0 amide bonds. The Kier molecular flexibility index (Phi) is 21.4. The standard InChI is InChI=1S/C21H40O7P2.CH4/c1-5-9-10-11-12-13-16-28-29(22)30(23,24)20-27-19-21(8-4,17-25-14-6-2)18-26-15-7-3;/h6-7H,2-3,5,8-20H2,1,4H3;1H4/p+1. The molecule has 0 aliphatic carbocycles. The van der Waals surface area contributed by atoms with Crippen LogP contribution in [0.25, 0.3) is 0 Å². The van der Waals surface area contributed by atoms with E-state index < -0.39 is 26.5 Å². The smallest absolute Gasteiger partial charge is 0.377 e. The van der Waals surface area contributed by atoms with E-state index in [-0.39, 0.29) is 20.6 Å². The van der Waals surface area contributed by atoms with E-state index in [1.54, 1.807) is 12.2 Å². The zero-order chi connectivity index (χ0) is 22.7. The lowest BCUT2D eigenvalue weighted by Crippen LogP contribution is -2.37. The molecule has 0 saturated heterocycles. The van der Waals surface area contributed by atoms with Gasteiger partial charge in [-0.15, -0.1) is 17.7 Å². The van der Waals surface area contributed by atoms with Crippen LogP contribution in [-0.2, 0) is 27.9 Å². The van der Waals surface area contributed by atoms with E-state index in [0.717, 1.165) is 19.3 Å². The van der Waals surface area contributed by atoms with Gasteiger partial charge in [0.15, 0.2) is 6.35 Å². The molecular weight excluding hydrogens is 438 g/mol. The maximum atomic E-state index is 12.3. The van der Waals surface area contributed by atoms with E-state index in [0.29, 0.717) is 32.8 Å². The minimum absolute atomic E-state index is 0. The van der Waals surface area contributed by atoms with Gasteiger partial charge in [-0.25, -0.2) is 4.57 Å². The van der Waals surface area contributed by atoms with Crippen LogP contribution >= 0.6 is 14.8 Å². The molecule has 7 nitrogen and oxygen atoms in total. The van der Waals surface area contributed by atoms with Crippen LogP contribution in [0.4, 0.5) is 0 Å². The topological polar surface area (TPSA) is 91.3 Å². The average molecular weight is 484 g/mol. The molecule has 0 saturated carbocycles. The summed E-state index contributed by atoms with van der Waals surface area (Å²) in [6.45, 7) is 13.2. The summed E-state index contributed by atoms with van der Waals surface area (Å²) in [5, 5.41) is 0. The largest absolute Gasteiger partial charge is 0.592 e. The Balaban J connectivity index is 0. The molecule has 0 aromatic heterocycles. The van der Waals surface area contributed by atoms with E-state index in [9.17, 15) is 14.0 Å². The Bertz CT molecular complexity index is 512. The van der Waals surface area contributed by atoms with Gasteiger partial charge in [-0.3, -0.25) is 0 Å². The van der Waals surface area contributed by atoms with Crippen LogP contribution in [0.15, 0.2) is 25.3 Å². The fourth-order valence-corrected chi connectivity index (χ4v) is 4.90. The Labute approximate surface area is 190 Å². The first-order valence-corrected chi connectivity index (χ1v) is 14.5. The van der Waals surface area contributed by atoms with Crippen LogP contribution in [0.5, 0.6) is 0 Å². The maximum Gasteiger partial charge on any atom is 0.592 e. The van der Waals surface area contributed by atoms with E-state index >= 15 is 0 Å². The van der Waals surface area contributed by atoms with Gasteiger partial charge >= 0.3 is 14.8 Å². The molecule has 0 fully saturated rings. The van der Waals surface area contributed by atoms with Gasteiger partial charge in [0.2, 0.25) is 0 Å². The van der Waals surface area contributed by atoms with E-state index in [2.05, 4.69) is 20.1 Å². The van der Waals surface area contributed by atoms with Gasteiger partial charge in [0, 0.05) is 5.41 Å². The fourth-order valence-electron chi connectivity index (χ4n) is 2.69. The number of ether oxygens (including phenoxy) is 3. The van der Waals surface area contributed by atoms with Crippen LogP contribution < -0.4 is 0 Å². The fraction of sp³-hybridized carbons (Fsp3) is 0.818. The van der Waals surface area contributed by atoms with Crippen LogP contribution in [0.2, 0.25) is 0 Å². The summed E-state index contributed by atoms with van der Waals surface area (Å²) < 4.78 is 46.3. The molecular formula is C22H45O7P2+. The normalized spacial score (nSPS) is 13.8. The molecule has 2 atom stereocenters. The zero-order valence-electron chi connectivity index (χ0n) is 18.8. The van der Waals surface area contributed by atoms with Crippen LogP contribution in [0, 0.1) is 5.41 Å². The van der Waals surface area contributed by atoms with E-state index in [4.69, 9.17) is 18.7 Å². The predicted molar refractivity (Wildman–Crippen MR) is 129 cm³/mol. The molecule has 0 aliphatic heterocycles. The summed E-state index contributed by atoms with van der Waals surface area (Å²) in [7, 11) is -6.74. The Morgan fingerprint density at radius 1 is 0.935 bits per heavy atom. The molecule has 2 unspecified atom stereocenters. The van der Waals surface area contributed by atoms with Crippen molar-refractivity contribution >= 4 is 14.8 Å². The minimum atomic E-state index is -4.06. The third kappa shape index (κ3) is 16.0. The SMILES string of the molecule is C.C=CCOCC(CC)(COCC=C)COCP(=O)(O)[P+](=O)OCCCCCCCC. The number of hydrogen-bond acceptors (Lipinski definition) is 6. The van der Waals surface area contributed by atoms with Crippen molar-refractivity contribution in [2.45, 2.75) is 66.2 Å². The third-order valence-corrected chi connectivity index (χ3v) is 8.32. The van der Waals surface area contributed by atoms with Crippen molar-refractivity contribution in [1.82, 2.24) is 0 Å². The van der Waals surface area contributed by atoms with Crippen molar-refractivity contribution in [3.63, 3.8) is 0 Å². The van der Waals surface area contributed by atoms with Crippen LogP contribution in [0.3, 0.4) is 0 Å². The molecule has 0 bridgehead atoms. The van der Waals surface area contributed by atoms with Gasteiger partial charge < -0.3 is 19.1 Å². The number of unbranched alkanes of at least 4 members (excludes halogenated alkanes) is 5. The quantitative estimate of drug-likeness (QED) is 0.104. The van der Waals surface area contributed by atoms with Gasteiger partial charge in [-0.1, -0.05) is 65.5 Å². The highest BCUT2D eigenvalue weighted by atomic mass is 32.1. The van der Waals surface area contributed by atoms with Gasteiger partial charge in [-0.05, 0) is 17.4 Å². The lowest BCUT2D eigenvalue weighted by atomic mass is 9.88. The Morgan fingerprint density at radius 2 is 1.45 bits per heavy atom. The van der Waals surface area contributed by atoms with Crippen molar-refractivity contribution in [1.29, 1.82) is 0 Å². The van der Waals surface area contributed by atoms with Crippen LogP contribution in [0.1, 0.15) is 66.2 Å². The summed E-state index contributed by atoms with van der Waals surface area (Å²) in [5.74, 6) is 0. The molecule has 1 N–H and O–H groups in total. The molecule has 184 valence electrons. The highest BCUT2D eigenvalue weighted by Gasteiger charge is 2.46. The Hall–Kier alpha value is -0.390. The first-order valence-electron chi connectivity index (χ1n) is 10.7. The zero-order valence-corrected chi connectivity index (χ0v) is 20.5. The molecule has 31 heavy (non-hydrogen) atoms. The molecule has 0 radical (unpaired) electrons. The molecule has 0 heterocycles. The number of hydrogen-bond donors (Lipinski definition) is 1. The van der Waals surface area contributed by atoms with Gasteiger partial charge in [0.1, 0.15) is 6.61 Å². The van der Waals surface area contributed by atoms with Crippen molar-refractivity contribution in [2.75, 3.05) is 46.0 Å². The molecule has 9 heteroatoms. The van der Waals surface area contributed by atoms with Gasteiger partial charge in [-0.2, -0.15) is 0 Å². The van der Waals surface area contributed by atoms with Crippen molar-refractivity contribution in [3.8, 4) is 0 Å². The first kappa shape index (κ1) is 32.8. The van der Waals surface area contributed by atoms with Crippen molar-refractivity contribution in [3.05, 3.63) is 25.3 Å². The van der Waals surface area contributed by atoms with E-state index in [1.165, 1.54) is 19.3 Å². The highest BCUT2D eigenvalue weighted by Crippen LogP contribution is 2.65. The predicted octanol–water partition coefficient (Wildman–Crippen LogP) is 6.70. The second-order valence-electron chi connectivity index (χ2n) is 7.44. The molecule has 0 aliphatic rings. The minimum Gasteiger partial charge on any atom is -0.377 e. The van der Waals surface area contributed by atoms with Crippen molar-refractivity contribution < 1.29 is 32.8 Å². The molecule has 0 aromatic carbocycles. The first-order chi connectivity index (χ1) is 14.4. The van der Waals surface area contributed by atoms with Gasteiger partial charge in [0.25, 0.3) is 0 Å². The highest BCUT2D eigenvalue weighted by molar-refractivity contribution is 8.22. The summed E-state index contributed by atoms with van der Waals surface area (Å²) in [6, 6.07) is 0. The maximum absolute atomic E-state index is 12.3. The lowest BCUT2D eigenvalue weighted by molar-refractivity contribution is -0.0567. The summed E-state index contributed by atoms with van der Waals surface area (Å²) in [4.78, 5) is 10.1. The third-order valence-electron chi connectivity index (χ3n) is 4.66. The van der Waals surface area contributed by atoms with Crippen molar-refractivity contribution in [2.24, 2.45) is 5.41 Å². The van der Waals surface area contributed by atoms with Gasteiger partial charge in [0.05, 0.1) is 33.0 Å². The number of rotatable bonds is 22. The molecule has 0 spiro atoms. The van der Waals surface area contributed by atoms with Crippen LogP contribution in [-0.4, -0.2) is 50.9 Å². The second-order valence-corrected chi connectivity index (χ2v) is 12.6. The molecule has 0 rings (SSSR count). The second kappa shape index (κ2) is 20.2. The average Bonchev–Trinajstić information content (AvgIpc) is 2.72. The Morgan fingerprint density at radius 3 is 1.97 bits per heavy atom. The summed E-state index contributed by atoms with van der Waals surface area (Å²) >= 11 is 0. The lowest BCUT2D eigenvalue weighted by Gasteiger charge is -2.31. The van der Waals surface area contributed by atoms with E-state index in [1.807, 2.05) is 6.92 Å². The molecule has 0 aromatic rings. The monoisotopic (exact) mass is 483 g/mol.